The van der Waals surface area contributed by atoms with Crippen LogP contribution in [0.2, 0.25) is 10.0 Å². The fraction of sp³-hybridized carbons (Fsp3) is 0.200. The molecule has 1 aliphatic carbocycles. The van der Waals surface area contributed by atoms with Crippen LogP contribution in [-0.4, -0.2) is 38.7 Å². The molecule has 10 nitrogen and oxygen atoms in total. The molecule has 0 spiro atoms. The molecule has 3 amide bonds. The number of urea groups is 1. The maximum Gasteiger partial charge on any atom is 0.330 e. The van der Waals surface area contributed by atoms with E-state index in [2.05, 4.69) is 27.2 Å². The molecule has 12 heteroatoms. The molecular weight excluding hydrogens is 519 g/mol. The first-order valence-corrected chi connectivity index (χ1v) is 12.2. The van der Waals surface area contributed by atoms with Crippen LogP contribution in [0, 0.1) is 5.92 Å². The minimum Gasteiger partial charge on any atom is -0.506 e. The Hall–Kier alpha value is -4.02. The number of aromatic hydroxyl groups is 2. The zero-order chi connectivity index (χ0) is 26.3. The number of fused-ring (bicyclic) bond motifs is 1. The Kier molecular flexibility index (Phi) is 6.53. The van der Waals surface area contributed by atoms with Crippen molar-refractivity contribution in [2.24, 2.45) is 5.92 Å². The van der Waals surface area contributed by atoms with Crippen LogP contribution in [0.5, 0.6) is 11.5 Å². The van der Waals surface area contributed by atoms with Crippen LogP contribution in [0.25, 0.3) is 0 Å². The van der Waals surface area contributed by atoms with E-state index in [1.165, 1.54) is 15.9 Å². The van der Waals surface area contributed by atoms with Crippen molar-refractivity contribution >= 4 is 64.0 Å². The lowest BCUT2D eigenvalue weighted by Gasteiger charge is -2.37. The molecule has 0 unspecified atom stereocenters. The molecule has 1 aromatic heterocycles. The van der Waals surface area contributed by atoms with Gasteiger partial charge in [0.05, 0.1) is 23.6 Å². The summed E-state index contributed by atoms with van der Waals surface area (Å²) in [5.41, 5.74) is 1.70. The number of rotatable bonds is 7. The highest BCUT2D eigenvalue weighted by Crippen LogP contribution is 2.47. The predicted molar refractivity (Wildman–Crippen MR) is 142 cm³/mol. The van der Waals surface area contributed by atoms with Gasteiger partial charge in [-0.05, 0) is 37.0 Å². The van der Waals surface area contributed by atoms with Crippen LogP contribution in [-0.2, 0) is 11.3 Å². The van der Waals surface area contributed by atoms with Gasteiger partial charge in [-0.2, -0.15) is 4.98 Å². The number of phenolic OH excluding ortho intramolecular Hbond substituents is 2. The number of anilines is 5. The third-order valence-electron chi connectivity index (χ3n) is 6.05. The number of carbonyl (C=O) groups excluding carboxylic acids is 2. The summed E-state index contributed by atoms with van der Waals surface area (Å²) in [7, 11) is 0. The Bertz CT molecular complexity index is 1400. The number of carbonyl (C=O) groups is 2. The number of nitrogens with zero attached hydrogens (tertiary/aromatic N) is 4. The second-order valence-corrected chi connectivity index (χ2v) is 9.48. The number of para-hydroxylation sites is 2. The molecule has 2 aliphatic rings. The van der Waals surface area contributed by atoms with Crippen LogP contribution in [0.3, 0.4) is 0 Å². The highest BCUT2D eigenvalue weighted by molar-refractivity contribution is 6.42. The molecule has 0 atom stereocenters. The quantitative estimate of drug-likeness (QED) is 0.294. The molecule has 5 rings (SSSR count). The van der Waals surface area contributed by atoms with Crippen molar-refractivity contribution in [3.63, 3.8) is 0 Å². The Morgan fingerprint density at radius 3 is 2.49 bits per heavy atom. The summed E-state index contributed by atoms with van der Waals surface area (Å²) in [6, 6.07) is 7.63. The van der Waals surface area contributed by atoms with Gasteiger partial charge in [0.25, 0.3) is 0 Å². The Morgan fingerprint density at radius 2 is 1.84 bits per heavy atom. The Balaban J connectivity index is 1.52. The number of hydrogen-bond donors (Lipinski definition) is 4. The Labute approximate surface area is 222 Å². The van der Waals surface area contributed by atoms with Gasteiger partial charge >= 0.3 is 6.03 Å². The van der Waals surface area contributed by atoms with Crippen molar-refractivity contribution in [3.8, 4) is 11.5 Å². The average Bonchev–Trinajstić information content (AvgIpc) is 3.71. The van der Waals surface area contributed by atoms with Crippen LogP contribution in [0.15, 0.2) is 49.2 Å². The van der Waals surface area contributed by atoms with Crippen molar-refractivity contribution in [2.45, 2.75) is 19.4 Å². The SMILES string of the molecule is C=CC(=O)Nc1ccccc1Nc1ncc2c(n1)N(CC1CC1)C(=O)N(c1c(Cl)c(O)cc(O)c1Cl)C2. The van der Waals surface area contributed by atoms with Gasteiger partial charge in [-0.1, -0.05) is 41.9 Å². The molecule has 2 heterocycles. The standard InChI is InChI=1S/C25H22Cl2N6O4/c1-2-19(36)29-15-5-3-4-6-16(15)30-24-28-10-14-12-32(22-20(26)17(34)9-18(35)21(22)27)25(37)33(23(14)31-24)11-13-7-8-13/h2-6,9-10,13,34-35H,1,7-8,11-12H2,(H,29,36)(H,28,30,31). The Morgan fingerprint density at radius 1 is 1.16 bits per heavy atom. The van der Waals surface area contributed by atoms with Crippen LogP contribution in [0.1, 0.15) is 18.4 Å². The molecular formula is C25H22Cl2N6O4. The number of aromatic nitrogens is 2. The van der Waals surface area contributed by atoms with E-state index in [9.17, 15) is 19.8 Å². The fourth-order valence-electron chi connectivity index (χ4n) is 4.01. The predicted octanol–water partition coefficient (Wildman–Crippen LogP) is 5.42. The first-order chi connectivity index (χ1) is 17.8. The van der Waals surface area contributed by atoms with Crippen LogP contribution in [0.4, 0.5) is 33.6 Å². The van der Waals surface area contributed by atoms with Gasteiger partial charge in [0, 0.05) is 24.4 Å². The molecule has 0 bridgehead atoms. The lowest BCUT2D eigenvalue weighted by molar-refractivity contribution is -0.111. The van der Waals surface area contributed by atoms with Gasteiger partial charge in [-0.15, -0.1) is 0 Å². The van der Waals surface area contributed by atoms with Gasteiger partial charge < -0.3 is 20.8 Å². The third kappa shape index (κ3) is 4.85. The number of hydrogen-bond acceptors (Lipinski definition) is 7. The molecule has 190 valence electrons. The molecule has 2 aromatic carbocycles. The summed E-state index contributed by atoms with van der Waals surface area (Å²) in [6.07, 6.45) is 4.73. The fourth-order valence-corrected chi connectivity index (χ4v) is 4.56. The van der Waals surface area contributed by atoms with Crippen molar-refractivity contribution in [3.05, 3.63) is 64.8 Å². The summed E-state index contributed by atoms with van der Waals surface area (Å²) in [6.45, 7) is 3.91. The van der Waals surface area contributed by atoms with Gasteiger partial charge in [0.2, 0.25) is 11.9 Å². The summed E-state index contributed by atoms with van der Waals surface area (Å²) in [5, 5.41) is 25.8. The largest absolute Gasteiger partial charge is 0.506 e. The van der Waals surface area contributed by atoms with Gasteiger partial charge in [0.1, 0.15) is 27.4 Å². The second kappa shape index (κ2) is 9.79. The van der Waals surface area contributed by atoms with E-state index in [0.717, 1.165) is 18.9 Å². The number of halogens is 2. The lowest BCUT2D eigenvalue weighted by atomic mass is 10.1. The highest BCUT2D eigenvalue weighted by Gasteiger charge is 2.39. The molecule has 37 heavy (non-hydrogen) atoms. The zero-order valence-electron chi connectivity index (χ0n) is 19.4. The van der Waals surface area contributed by atoms with E-state index >= 15 is 0 Å². The topological polar surface area (TPSA) is 131 Å². The summed E-state index contributed by atoms with van der Waals surface area (Å²) in [4.78, 5) is 37.4. The molecule has 0 saturated heterocycles. The van der Waals surface area contributed by atoms with E-state index < -0.39 is 17.5 Å². The van der Waals surface area contributed by atoms with E-state index in [0.29, 0.717) is 35.2 Å². The minimum atomic E-state index is -0.448. The van der Waals surface area contributed by atoms with Crippen molar-refractivity contribution < 1.29 is 19.8 Å². The van der Waals surface area contributed by atoms with E-state index in [-0.39, 0.29) is 34.1 Å². The number of amides is 3. The molecule has 1 aliphatic heterocycles. The number of nitrogens with one attached hydrogen (secondary N) is 2. The molecule has 1 saturated carbocycles. The summed E-state index contributed by atoms with van der Waals surface area (Å²) < 4.78 is 0. The first-order valence-electron chi connectivity index (χ1n) is 11.4. The normalized spacial score (nSPS) is 14.8. The lowest BCUT2D eigenvalue weighted by Crippen LogP contribution is -2.49. The smallest absolute Gasteiger partial charge is 0.330 e. The van der Waals surface area contributed by atoms with E-state index in [1.807, 2.05) is 0 Å². The van der Waals surface area contributed by atoms with Crippen LogP contribution >= 0.6 is 23.2 Å². The maximum absolute atomic E-state index is 13.7. The van der Waals surface area contributed by atoms with E-state index in [4.69, 9.17) is 23.2 Å². The van der Waals surface area contributed by atoms with Gasteiger partial charge in [-0.25, -0.2) is 9.78 Å². The molecule has 3 aromatic rings. The number of benzene rings is 2. The summed E-state index contributed by atoms with van der Waals surface area (Å²) in [5.74, 6) is -0.187. The second-order valence-electron chi connectivity index (χ2n) is 8.72. The third-order valence-corrected chi connectivity index (χ3v) is 6.80. The van der Waals surface area contributed by atoms with Crippen molar-refractivity contribution in [1.82, 2.24) is 9.97 Å². The molecule has 4 N–H and O–H groups in total. The van der Waals surface area contributed by atoms with Gasteiger partial charge in [-0.3, -0.25) is 14.6 Å². The van der Waals surface area contributed by atoms with E-state index in [1.54, 1.807) is 30.5 Å². The summed E-state index contributed by atoms with van der Waals surface area (Å²) >= 11 is 12.6. The monoisotopic (exact) mass is 540 g/mol. The van der Waals surface area contributed by atoms with Gasteiger partial charge in [0.15, 0.2) is 0 Å². The molecule has 1 fully saturated rings. The van der Waals surface area contributed by atoms with Crippen LogP contribution < -0.4 is 20.4 Å². The van der Waals surface area contributed by atoms with Crippen molar-refractivity contribution in [1.29, 1.82) is 0 Å². The average molecular weight is 541 g/mol. The maximum atomic E-state index is 13.7. The highest BCUT2D eigenvalue weighted by atomic mass is 35.5. The first kappa shape index (κ1) is 24.7. The molecule has 0 radical (unpaired) electrons. The number of phenols is 2. The van der Waals surface area contributed by atoms with Crippen molar-refractivity contribution in [2.75, 3.05) is 27.0 Å². The minimum absolute atomic E-state index is 0.00590. The zero-order valence-corrected chi connectivity index (χ0v) is 20.9.